The second kappa shape index (κ2) is 7.80. The fourth-order valence-corrected chi connectivity index (χ4v) is 3.63. The molecule has 4 atom stereocenters. The number of ether oxygens (including phenoxy) is 3. The van der Waals surface area contributed by atoms with Crippen molar-refractivity contribution in [1.82, 2.24) is 20.3 Å². The molecule has 1 amide bonds. The molecule has 0 aliphatic carbocycles. The highest BCUT2D eigenvalue weighted by molar-refractivity contribution is 5.94. The Hall–Kier alpha value is -2.98. The van der Waals surface area contributed by atoms with Gasteiger partial charge in [-0.05, 0) is 24.3 Å². The lowest BCUT2D eigenvalue weighted by atomic mass is 10.1. The Morgan fingerprint density at radius 3 is 2.59 bits per heavy atom. The highest BCUT2D eigenvalue weighted by atomic mass is 16.6. The van der Waals surface area contributed by atoms with E-state index in [-0.39, 0.29) is 35.9 Å². The van der Waals surface area contributed by atoms with E-state index in [4.69, 9.17) is 9.47 Å². The van der Waals surface area contributed by atoms with Gasteiger partial charge in [0.1, 0.15) is 18.2 Å². The van der Waals surface area contributed by atoms with Crippen molar-refractivity contribution in [2.75, 3.05) is 39.3 Å². The zero-order valence-corrected chi connectivity index (χ0v) is 16.4. The molecule has 1 aromatic heterocycles. The Balaban J connectivity index is 1.40. The molecule has 4 rings (SSSR count). The number of benzene rings is 1. The van der Waals surface area contributed by atoms with Gasteiger partial charge < -0.3 is 24.4 Å². The largest absolute Gasteiger partial charge is 0.464 e. The molecule has 0 saturated carbocycles. The first-order valence-electron chi connectivity index (χ1n) is 9.29. The minimum Gasteiger partial charge on any atom is -0.464 e. The van der Waals surface area contributed by atoms with Crippen LogP contribution in [0, 0.1) is 0 Å². The predicted molar refractivity (Wildman–Crippen MR) is 102 cm³/mol. The standard InChI is InChI=1S/C19H23N5O5/c1-23(2)12-6-4-11(5-7-12)18(25)20-14-9-28-17-15(10-29-16(14)17)24-8-13(21-22-24)19(26)27-3/h4-8,14-17H,9-10H2,1-3H3,(H,20,25)/t14-,15-,16+,17+/m0/s1. The topological polar surface area (TPSA) is 108 Å². The Bertz CT molecular complexity index is 897. The van der Waals surface area contributed by atoms with Crippen LogP contribution in [0.1, 0.15) is 26.9 Å². The molecule has 154 valence electrons. The van der Waals surface area contributed by atoms with Crippen molar-refractivity contribution in [2.45, 2.75) is 24.3 Å². The van der Waals surface area contributed by atoms with E-state index in [1.807, 2.05) is 31.1 Å². The van der Waals surface area contributed by atoms with Gasteiger partial charge in [0.15, 0.2) is 5.69 Å². The number of aromatic nitrogens is 3. The molecule has 2 fully saturated rings. The Morgan fingerprint density at radius 2 is 1.90 bits per heavy atom. The number of esters is 1. The predicted octanol–water partition coefficient (Wildman–Crippen LogP) is 0.268. The van der Waals surface area contributed by atoms with E-state index in [0.717, 1.165) is 5.69 Å². The van der Waals surface area contributed by atoms with Crippen LogP contribution < -0.4 is 10.2 Å². The summed E-state index contributed by atoms with van der Waals surface area (Å²) in [7, 11) is 5.18. The number of methoxy groups -OCH3 is 1. The Morgan fingerprint density at radius 1 is 1.17 bits per heavy atom. The van der Waals surface area contributed by atoms with Crippen molar-refractivity contribution < 1.29 is 23.8 Å². The quantitative estimate of drug-likeness (QED) is 0.712. The average Bonchev–Trinajstić information content (AvgIpc) is 3.44. The molecule has 29 heavy (non-hydrogen) atoms. The van der Waals surface area contributed by atoms with Gasteiger partial charge in [-0.15, -0.1) is 5.10 Å². The summed E-state index contributed by atoms with van der Waals surface area (Å²) in [5.74, 6) is -0.727. The van der Waals surface area contributed by atoms with E-state index in [1.165, 1.54) is 13.3 Å². The van der Waals surface area contributed by atoms with Gasteiger partial charge in [0, 0.05) is 25.3 Å². The van der Waals surface area contributed by atoms with E-state index < -0.39 is 5.97 Å². The maximum absolute atomic E-state index is 12.6. The number of rotatable bonds is 5. The molecule has 2 aromatic rings. The van der Waals surface area contributed by atoms with Gasteiger partial charge >= 0.3 is 5.97 Å². The summed E-state index contributed by atoms with van der Waals surface area (Å²) in [6, 6.07) is 6.88. The number of fused-ring (bicyclic) bond motifs is 1. The Labute approximate surface area is 167 Å². The van der Waals surface area contributed by atoms with Crippen LogP contribution in [0.2, 0.25) is 0 Å². The number of carbonyl (C=O) groups is 2. The van der Waals surface area contributed by atoms with Crippen LogP contribution in [0.5, 0.6) is 0 Å². The van der Waals surface area contributed by atoms with Gasteiger partial charge in [-0.1, -0.05) is 5.21 Å². The molecule has 10 heteroatoms. The van der Waals surface area contributed by atoms with Crippen molar-refractivity contribution in [3.05, 3.63) is 41.7 Å². The van der Waals surface area contributed by atoms with Gasteiger partial charge in [-0.2, -0.15) is 0 Å². The van der Waals surface area contributed by atoms with E-state index in [2.05, 4.69) is 20.4 Å². The van der Waals surface area contributed by atoms with Crippen LogP contribution in [0.25, 0.3) is 0 Å². The molecule has 0 bridgehead atoms. The van der Waals surface area contributed by atoms with Crippen LogP contribution >= 0.6 is 0 Å². The lowest BCUT2D eigenvalue weighted by molar-refractivity contribution is 0.0591. The van der Waals surface area contributed by atoms with Gasteiger partial charge in [-0.25, -0.2) is 9.48 Å². The lowest BCUT2D eigenvalue weighted by Gasteiger charge is -2.18. The first-order chi connectivity index (χ1) is 14.0. The number of carbonyl (C=O) groups excluding carboxylic acids is 2. The van der Waals surface area contributed by atoms with E-state index in [0.29, 0.717) is 18.8 Å². The molecule has 0 spiro atoms. The molecule has 1 N–H and O–H groups in total. The summed E-state index contributed by atoms with van der Waals surface area (Å²) in [5.41, 5.74) is 1.72. The summed E-state index contributed by atoms with van der Waals surface area (Å²) >= 11 is 0. The summed E-state index contributed by atoms with van der Waals surface area (Å²) in [5, 5.41) is 10.8. The van der Waals surface area contributed by atoms with Crippen molar-refractivity contribution >= 4 is 17.6 Å². The third kappa shape index (κ3) is 3.68. The number of nitrogens with one attached hydrogen (secondary N) is 1. The van der Waals surface area contributed by atoms with Crippen LogP contribution in [-0.2, 0) is 14.2 Å². The van der Waals surface area contributed by atoms with E-state index >= 15 is 0 Å². The maximum atomic E-state index is 12.6. The van der Waals surface area contributed by atoms with Gasteiger partial charge in [-0.3, -0.25) is 4.79 Å². The van der Waals surface area contributed by atoms with Gasteiger partial charge in [0.2, 0.25) is 0 Å². The molecule has 0 unspecified atom stereocenters. The SMILES string of the molecule is COC(=O)c1cn([C@H]2CO[C@H]3[C@@H]2OC[C@@H]3NC(=O)c2ccc(N(C)C)cc2)nn1. The van der Waals surface area contributed by atoms with Crippen LogP contribution in [0.3, 0.4) is 0 Å². The van der Waals surface area contributed by atoms with E-state index in [9.17, 15) is 9.59 Å². The molecular weight excluding hydrogens is 378 g/mol. The molecular formula is C19H23N5O5. The second-order valence-corrected chi connectivity index (χ2v) is 7.26. The number of hydrogen-bond donors (Lipinski definition) is 1. The summed E-state index contributed by atoms with van der Waals surface area (Å²) in [6.07, 6.45) is 0.934. The number of nitrogens with zero attached hydrogens (tertiary/aromatic N) is 4. The van der Waals surface area contributed by atoms with Gasteiger partial charge in [0.25, 0.3) is 5.91 Å². The van der Waals surface area contributed by atoms with Crippen LogP contribution in [-0.4, -0.2) is 79.5 Å². The molecule has 10 nitrogen and oxygen atoms in total. The van der Waals surface area contributed by atoms with Crippen molar-refractivity contribution in [3.8, 4) is 0 Å². The summed E-state index contributed by atoms with van der Waals surface area (Å²) < 4.78 is 18.0. The first-order valence-corrected chi connectivity index (χ1v) is 9.29. The maximum Gasteiger partial charge on any atom is 0.360 e. The fraction of sp³-hybridized carbons (Fsp3) is 0.474. The number of hydrogen-bond acceptors (Lipinski definition) is 8. The van der Waals surface area contributed by atoms with Crippen molar-refractivity contribution in [1.29, 1.82) is 0 Å². The molecule has 3 heterocycles. The summed E-state index contributed by atoms with van der Waals surface area (Å²) in [6.45, 7) is 0.690. The highest BCUT2D eigenvalue weighted by Gasteiger charge is 2.49. The molecule has 2 aliphatic rings. The van der Waals surface area contributed by atoms with Crippen LogP contribution in [0.15, 0.2) is 30.5 Å². The average molecular weight is 401 g/mol. The van der Waals surface area contributed by atoms with E-state index in [1.54, 1.807) is 16.8 Å². The minimum atomic E-state index is -0.551. The van der Waals surface area contributed by atoms with Gasteiger partial charge in [0.05, 0.1) is 32.6 Å². The molecule has 0 radical (unpaired) electrons. The molecule has 2 aliphatic heterocycles. The molecule has 1 aromatic carbocycles. The van der Waals surface area contributed by atoms with Crippen molar-refractivity contribution in [3.63, 3.8) is 0 Å². The zero-order valence-electron chi connectivity index (χ0n) is 16.4. The minimum absolute atomic E-state index is 0.125. The number of amides is 1. The zero-order chi connectivity index (χ0) is 20.5. The second-order valence-electron chi connectivity index (χ2n) is 7.26. The normalized spacial score (nSPS) is 25.5. The highest BCUT2D eigenvalue weighted by Crippen LogP contribution is 2.34. The van der Waals surface area contributed by atoms with Crippen molar-refractivity contribution in [2.24, 2.45) is 0 Å². The number of anilines is 1. The fourth-order valence-electron chi connectivity index (χ4n) is 3.63. The summed E-state index contributed by atoms with van der Waals surface area (Å²) in [4.78, 5) is 26.2. The van der Waals surface area contributed by atoms with Crippen LogP contribution in [0.4, 0.5) is 5.69 Å². The first kappa shape index (κ1) is 19.3. The lowest BCUT2D eigenvalue weighted by Crippen LogP contribution is -2.44. The molecule has 2 saturated heterocycles. The third-order valence-electron chi connectivity index (χ3n) is 5.23. The smallest absolute Gasteiger partial charge is 0.360 e. The monoisotopic (exact) mass is 401 g/mol. The Kier molecular flexibility index (Phi) is 5.20. The third-order valence-corrected chi connectivity index (χ3v) is 5.23.